The van der Waals surface area contributed by atoms with Gasteiger partial charge in [-0.3, -0.25) is 4.90 Å². The molecule has 2 aromatic heterocycles. The topological polar surface area (TPSA) is 68.9 Å². The van der Waals surface area contributed by atoms with Gasteiger partial charge in [0.1, 0.15) is 0 Å². The molecule has 2 N–H and O–H groups in total. The number of rotatable bonds is 7. The normalized spacial score (nSPS) is 24.7. The van der Waals surface area contributed by atoms with Crippen molar-refractivity contribution in [2.45, 2.75) is 82.4 Å². The molecule has 0 unspecified atom stereocenters. The van der Waals surface area contributed by atoms with Gasteiger partial charge in [-0.2, -0.15) is 0 Å². The van der Waals surface area contributed by atoms with Gasteiger partial charge in [-0.25, -0.2) is 9.50 Å². The quantitative estimate of drug-likeness (QED) is 0.479. The molecule has 3 heterocycles. The number of fused-ring (bicyclic) bond motifs is 1. The van der Waals surface area contributed by atoms with Crippen molar-refractivity contribution >= 4 is 11.5 Å². The lowest BCUT2D eigenvalue weighted by Crippen LogP contribution is -2.44. The van der Waals surface area contributed by atoms with Gasteiger partial charge in [-0.1, -0.05) is 31.2 Å². The highest BCUT2D eigenvalue weighted by Gasteiger charge is 2.36. The highest BCUT2D eigenvalue weighted by atomic mass is 16.3. The van der Waals surface area contributed by atoms with Crippen LogP contribution in [0.25, 0.3) is 16.6 Å². The van der Waals surface area contributed by atoms with E-state index in [0.717, 1.165) is 76.3 Å². The minimum absolute atomic E-state index is 0.151. The molecule has 1 aliphatic heterocycles. The van der Waals surface area contributed by atoms with Crippen LogP contribution < -0.4 is 5.32 Å². The number of aliphatic hydroxyl groups is 1. The maximum Gasteiger partial charge on any atom is 0.241 e. The summed E-state index contributed by atoms with van der Waals surface area (Å²) in [6.07, 6.45) is 10.3. The predicted molar refractivity (Wildman–Crippen MR) is 149 cm³/mol. The van der Waals surface area contributed by atoms with Crippen molar-refractivity contribution in [1.82, 2.24) is 24.4 Å². The van der Waals surface area contributed by atoms with Crippen molar-refractivity contribution in [3.8, 4) is 11.1 Å². The van der Waals surface area contributed by atoms with E-state index in [2.05, 4.69) is 63.9 Å². The zero-order valence-corrected chi connectivity index (χ0v) is 22.5. The van der Waals surface area contributed by atoms with E-state index in [4.69, 9.17) is 10.1 Å². The maximum atomic E-state index is 10.1. The lowest BCUT2D eigenvalue weighted by atomic mass is 9.75. The number of aromatic nitrogens is 3. The SMILES string of the molecule is CCC1(Nc2ncc3c(-c4ccc(CN5CCN(C)CC5)cc4)cc([C@H]4CC[C@H](O)CC4)n3n2)CCC1. The summed E-state index contributed by atoms with van der Waals surface area (Å²) in [6.45, 7) is 7.82. The van der Waals surface area contributed by atoms with Crippen molar-refractivity contribution in [3.05, 3.63) is 47.8 Å². The van der Waals surface area contributed by atoms with Crippen LogP contribution in [0.15, 0.2) is 36.5 Å². The monoisotopic (exact) mass is 502 g/mol. The molecular weight excluding hydrogens is 460 g/mol. The Labute approximate surface area is 220 Å². The van der Waals surface area contributed by atoms with E-state index in [1.807, 2.05) is 6.20 Å². The number of anilines is 1. The Morgan fingerprint density at radius 1 is 1.03 bits per heavy atom. The van der Waals surface area contributed by atoms with Crippen molar-refractivity contribution in [1.29, 1.82) is 0 Å². The fourth-order valence-corrected chi connectivity index (χ4v) is 6.43. The summed E-state index contributed by atoms with van der Waals surface area (Å²) in [5, 5.41) is 18.8. The smallest absolute Gasteiger partial charge is 0.241 e. The lowest BCUT2D eigenvalue weighted by Gasteiger charge is -2.41. The standard InChI is InChI=1S/C30H42N6O/c1-3-30(13-4-14-30)32-29-31-20-28-26(19-27(36(28)33-29)24-9-11-25(37)12-10-24)23-7-5-22(6-8-23)21-35-17-15-34(2)16-18-35/h5-8,19-20,24-25,37H,3-4,9-18,21H2,1-2H3,(H,32,33)/t24-,25-. The zero-order chi connectivity index (χ0) is 25.4. The Bertz CT molecular complexity index is 1200. The van der Waals surface area contributed by atoms with Gasteiger partial charge in [-0.05, 0) is 75.6 Å². The first-order valence-corrected chi connectivity index (χ1v) is 14.4. The summed E-state index contributed by atoms with van der Waals surface area (Å²) < 4.78 is 2.15. The van der Waals surface area contributed by atoms with Crippen LogP contribution in [0.1, 0.15) is 75.5 Å². The van der Waals surface area contributed by atoms with Crippen LogP contribution in [-0.2, 0) is 6.54 Å². The molecule has 1 aromatic carbocycles. The van der Waals surface area contributed by atoms with E-state index in [-0.39, 0.29) is 11.6 Å². The molecule has 3 aliphatic rings. The minimum Gasteiger partial charge on any atom is -0.393 e. The largest absolute Gasteiger partial charge is 0.393 e. The number of likely N-dealkylation sites (N-methyl/N-ethyl adjacent to an activating group) is 1. The molecule has 37 heavy (non-hydrogen) atoms. The summed E-state index contributed by atoms with van der Waals surface area (Å²) in [6, 6.07) is 11.4. The van der Waals surface area contributed by atoms with Crippen LogP contribution in [0, 0.1) is 0 Å². The first-order valence-electron chi connectivity index (χ1n) is 14.4. The van der Waals surface area contributed by atoms with Crippen LogP contribution in [0.3, 0.4) is 0 Å². The summed E-state index contributed by atoms with van der Waals surface area (Å²) >= 11 is 0. The summed E-state index contributed by atoms with van der Waals surface area (Å²) in [4.78, 5) is 9.74. The highest BCUT2D eigenvalue weighted by molar-refractivity contribution is 5.81. The van der Waals surface area contributed by atoms with Gasteiger partial charge < -0.3 is 15.3 Å². The van der Waals surface area contributed by atoms with E-state index in [0.29, 0.717) is 5.92 Å². The fourth-order valence-electron chi connectivity index (χ4n) is 6.43. The fraction of sp³-hybridized carbons (Fsp3) is 0.600. The Balaban J connectivity index is 1.30. The Morgan fingerprint density at radius 3 is 2.41 bits per heavy atom. The number of hydrogen-bond acceptors (Lipinski definition) is 6. The molecule has 2 saturated carbocycles. The number of piperazine rings is 1. The van der Waals surface area contributed by atoms with Crippen LogP contribution in [0.5, 0.6) is 0 Å². The van der Waals surface area contributed by atoms with E-state index >= 15 is 0 Å². The first kappa shape index (κ1) is 24.8. The Hall–Kier alpha value is -2.48. The zero-order valence-electron chi connectivity index (χ0n) is 22.5. The number of aliphatic hydroxyl groups excluding tert-OH is 1. The van der Waals surface area contributed by atoms with E-state index < -0.39 is 0 Å². The lowest BCUT2D eigenvalue weighted by molar-refractivity contribution is 0.121. The second kappa shape index (κ2) is 10.4. The molecule has 3 aromatic rings. The van der Waals surface area contributed by atoms with Gasteiger partial charge in [0.15, 0.2) is 0 Å². The summed E-state index contributed by atoms with van der Waals surface area (Å²) in [7, 11) is 2.20. The minimum atomic E-state index is -0.162. The Morgan fingerprint density at radius 2 is 1.76 bits per heavy atom. The number of nitrogens with zero attached hydrogens (tertiary/aromatic N) is 5. The van der Waals surface area contributed by atoms with Crippen LogP contribution >= 0.6 is 0 Å². The maximum absolute atomic E-state index is 10.1. The van der Waals surface area contributed by atoms with E-state index in [1.54, 1.807) is 0 Å². The molecule has 0 amide bonds. The average Bonchev–Trinajstić information content (AvgIpc) is 3.27. The molecule has 7 nitrogen and oxygen atoms in total. The van der Waals surface area contributed by atoms with Gasteiger partial charge >= 0.3 is 0 Å². The molecule has 2 aliphatic carbocycles. The van der Waals surface area contributed by atoms with Gasteiger partial charge in [0.05, 0.1) is 17.8 Å². The molecule has 198 valence electrons. The van der Waals surface area contributed by atoms with Crippen molar-refractivity contribution in [2.75, 3.05) is 38.5 Å². The molecule has 0 spiro atoms. The van der Waals surface area contributed by atoms with E-state index in [1.165, 1.54) is 41.6 Å². The van der Waals surface area contributed by atoms with Crippen LogP contribution in [0.4, 0.5) is 5.95 Å². The highest BCUT2D eigenvalue weighted by Crippen LogP contribution is 2.39. The average molecular weight is 503 g/mol. The molecule has 0 atom stereocenters. The van der Waals surface area contributed by atoms with Crippen LogP contribution in [-0.4, -0.2) is 74.4 Å². The molecule has 6 rings (SSSR count). The summed E-state index contributed by atoms with van der Waals surface area (Å²) in [5.41, 5.74) is 6.26. The number of nitrogens with one attached hydrogen (secondary N) is 1. The third-order valence-corrected chi connectivity index (χ3v) is 9.29. The third kappa shape index (κ3) is 5.14. The third-order valence-electron chi connectivity index (χ3n) is 9.29. The van der Waals surface area contributed by atoms with Gasteiger partial charge in [0.2, 0.25) is 5.95 Å². The van der Waals surface area contributed by atoms with E-state index in [9.17, 15) is 5.11 Å². The van der Waals surface area contributed by atoms with Crippen molar-refractivity contribution < 1.29 is 5.11 Å². The number of benzene rings is 1. The molecule has 3 fully saturated rings. The van der Waals surface area contributed by atoms with Crippen molar-refractivity contribution in [3.63, 3.8) is 0 Å². The predicted octanol–water partition coefficient (Wildman–Crippen LogP) is 4.91. The molecule has 0 bridgehead atoms. The second-order valence-electron chi connectivity index (χ2n) is 11.8. The number of hydrogen-bond donors (Lipinski definition) is 2. The van der Waals surface area contributed by atoms with Crippen LogP contribution in [0.2, 0.25) is 0 Å². The molecule has 0 radical (unpaired) electrons. The van der Waals surface area contributed by atoms with Crippen molar-refractivity contribution in [2.24, 2.45) is 0 Å². The van der Waals surface area contributed by atoms with Gasteiger partial charge in [0.25, 0.3) is 0 Å². The van der Waals surface area contributed by atoms with Gasteiger partial charge in [-0.15, -0.1) is 5.10 Å². The van der Waals surface area contributed by atoms with Gasteiger partial charge in [0, 0.05) is 55.4 Å². The summed E-state index contributed by atoms with van der Waals surface area (Å²) in [5.74, 6) is 1.14. The second-order valence-corrected chi connectivity index (χ2v) is 11.8. The molecule has 1 saturated heterocycles. The first-order chi connectivity index (χ1) is 18.0. The molecular formula is C30H42N6O. The Kier molecular flexibility index (Phi) is 6.95. The molecule has 7 heteroatoms.